The smallest absolute Gasteiger partial charge is 0.315 e. The molecule has 0 bridgehead atoms. The lowest BCUT2D eigenvalue weighted by atomic mass is 9.82. The summed E-state index contributed by atoms with van der Waals surface area (Å²) in [5.41, 5.74) is 1.32. The second kappa shape index (κ2) is 6.24. The van der Waals surface area contributed by atoms with Crippen LogP contribution in [0.3, 0.4) is 0 Å². The third-order valence-corrected chi connectivity index (χ3v) is 4.22. The first-order valence-corrected chi connectivity index (χ1v) is 7.34. The number of aryl methyl sites for hydroxylation is 2. The predicted octanol–water partition coefficient (Wildman–Crippen LogP) is 1.81. The number of carboxylic acids is 1. The van der Waals surface area contributed by atoms with Gasteiger partial charge in [-0.1, -0.05) is 30.3 Å². The number of nitrogens with zero attached hydrogens (tertiary/aromatic N) is 2. The first-order valence-electron chi connectivity index (χ1n) is 7.34. The maximum atomic E-state index is 12.4. The highest BCUT2D eigenvalue weighted by atomic mass is 16.4. The fraction of sp³-hybridized carbons (Fsp3) is 0.353. The van der Waals surface area contributed by atoms with Crippen molar-refractivity contribution in [2.45, 2.75) is 26.2 Å². The van der Waals surface area contributed by atoms with E-state index in [1.807, 2.05) is 13.0 Å². The number of carbonyl (C=O) groups is 2. The van der Waals surface area contributed by atoms with E-state index in [0.29, 0.717) is 16.8 Å². The number of amides is 1. The van der Waals surface area contributed by atoms with Gasteiger partial charge in [0.25, 0.3) is 5.91 Å². The van der Waals surface area contributed by atoms with Crippen molar-refractivity contribution in [1.82, 2.24) is 15.1 Å². The fourth-order valence-corrected chi connectivity index (χ4v) is 2.55. The summed E-state index contributed by atoms with van der Waals surface area (Å²) in [7, 11) is 1.77. The highest BCUT2D eigenvalue weighted by Crippen LogP contribution is 2.23. The number of nitrogens with one attached hydrogen (secondary N) is 1. The first-order chi connectivity index (χ1) is 10.8. The van der Waals surface area contributed by atoms with E-state index < -0.39 is 11.4 Å². The normalized spacial score (nSPS) is 13.4. The second-order valence-electron chi connectivity index (χ2n) is 5.86. The predicted molar refractivity (Wildman–Crippen MR) is 86.4 cm³/mol. The third-order valence-electron chi connectivity index (χ3n) is 4.22. The summed E-state index contributed by atoms with van der Waals surface area (Å²) in [6.07, 6.45) is 0. The lowest BCUT2D eigenvalue weighted by Crippen LogP contribution is -2.44. The van der Waals surface area contributed by atoms with E-state index in [1.165, 1.54) is 0 Å². The molecule has 0 fully saturated rings. The summed E-state index contributed by atoms with van der Waals surface area (Å²) in [5.74, 6) is -1.29. The number of rotatable bonds is 5. The number of hydrogen-bond donors (Lipinski definition) is 2. The van der Waals surface area contributed by atoms with Crippen LogP contribution in [0.5, 0.6) is 0 Å². The maximum absolute atomic E-state index is 12.4. The third kappa shape index (κ3) is 3.11. The molecule has 6 nitrogen and oxygen atoms in total. The van der Waals surface area contributed by atoms with E-state index in [2.05, 4.69) is 10.4 Å². The molecular formula is C17H21N3O3. The number of carbonyl (C=O) groups excluding carboxylic acids is 1. The summed E-state index contributed by atoms with van der Waals surface area (Å²) < 4.78 is 1.64. The van der Waals surface area contributed by atoms with Crippen molar-refractivity contribution in [2.24, 2.45) is 7.05 Å². The molecule has 1 heterocycles. The number of hydrogen-bond acceptors (Lipinski definition) is 3. The number of aromatic nitrogens is 2. The molecule has 1 atom stereocenters. The van der Waals surface area contributed by atoms with Gasteiger partial charge < -0.3 is 10.4 Å². The molecule has 6 heteroatoms. The summed E-state index contributed by atoms with van der Waals surface area (Å²) in [6.45, 7) is 5.17. The Bertz CT molecular complexity index is 737. The molecule has 0 aliphatic carbocycles. The van der Waals surface area contributed by atoms with Gasteiger partial charge >= 0.3 is 5.97 Å². The summed E-state index contributed by atoms with van der Waals surface area (Å²) in [5, 5.41) is 16.6. The van der Waals surface area contributed by atoms with E-state index in [9.17, 15) is 14.7 Å². The largest absolute Gasteiger partial charge is 0.481 e. The van der Waals surface area contributed by atoms with Gasteiger partial charge in [-0.25, -0.2) is 0 Å². The van der Waals surface area contributed by atoms with Crippen LogP contribution in [0.1, 0.15) is 34.2 Å². The van der Waals surface area contributed by atoms with Gasteiger partial charge in [-0.05, 0) is 26.3 Å². The lowest BCUT2D eigenvalue weighted by Gasteiger charge is -2.25. The zero-order valence-electron chi connectivity index (χ0n) is 13.8. The van der Waals surface area contributed by atoms with Gasteiger partial charge in [0.2, 0.25) is 0 Å². The van der Waals surface area contributed by atoms with Crippen molar-refractivity contribution in [3.63, 3.8) is 0 Å². The molecule has 0 aliphatic rings. The van der Waals surface area contributed by atoms with Crippen LogP contribution in [0.25, 0.3) is 0 Å². The van der Waals surface area contributed by atoms with Crippen LogP contribution in [0, 0.1) is 13.8 Å². The van der Waals surface area contributed by atoms with Crippen LogP contribution in [0.4, 0.5) is 0 Å². The van der Waals surface area contributed by atoms with Gasteiger partial charge in [0, 0.05) is 19.3 Å². The number of aliphatic carboxylic acids is 1. The van der Waals surface area contributed by atoms with Crippen molar-refractivity contribution >= 4 is 11.9 Å². The Morgan fingerprint density at radius 1 is 1.26 bits per heavy atom. The average molecular weight is 315 g/mol. The molecular weight excluding hydrogens is 294 g/mol. The zero-order chi connectivity index (χ0) is 17.2. The van der Waals surface area contributed by atoms with Gasteiger partial charge in [-0.2, -0.15) is 5.10 Å². The van der Waals surface area contributed by atoms with Gasteiger partial charge in [-0.15, -0.1) is 0 Å². The number of benzene rings is 1. The van der Waals surface area contributed by atoms with E-state index in [1.54, 1.807) is 49.8 Å². The quantitative estimate of drug-likeness (QED) is 0.881. The van der Waals surface area contributed by atoms with E-state index in [4.69, 9.17) is 0 Å². The maximum Gasteiger partial charge on any atom is 0.315 e. The molecule has 0 saturated heterocycles. The van der Waals surface area contributed by atoms with Crippen molar-refractivity contribution < 1.29 is 14.7 Å². The fourth-order valence-electron chi connectivity index (χ4n) is 2.55. The standard InChI is InChI=1S/C17H21N3O3/c1-11-14(12(2)20(4)19-11)15(21)18-10-17(3,16(22)23)13-8-6-5-7-9-13/h5-9H,10H2,1-4H3,(H,18,21)(H,22,23). The molecule has 2 aromatic rings. The van der Waals surface area contributed by atoms with Crippen LogP contribution in [0.15, 0.2) is 30.3 Å². The molecule has 1 amide bonds. The molecule has 2 rings (SSSR count). The van der Waals surface area contributed by atoms with Crippen LogP contribution >= 0.6 is 0 Å². The van der Waals surface area contributed by atoms with Crippen LogP contribution < -0.4 is 5.32 Å². The van der Waals surface area contributed by atoms with E-state index >= 15 is 0 Å². The molecule has 2 N–H and O–H groups in total. The Labute approximate surface area is 135 Å². The minimum absolute atomic E-state index is 0.00104. The molecule has 1 aromatic carbocycles. The molecule has 0 spiro atoms. The van der Waals surface area contributed by atoms with E-state index in [-0.39, 0.29) is 12.5 Å². The topological polar surface area (TPSA) is 84.2 Å². The van der Waals surface area contributed by atoms with Crippen molar-refractivity contribution in [3.05, 3.63) is 52.8 Å². The average Bonchev–Trinajstić information content (AvgIpc) is 2.78. The molecule has 1 aromatic heterocycles. The summed E-state index contributed by atoms with van der Waals surface area (Å²) in [6, 6.07) is 8.90. The van der Waals surface area contributed by atoms with Crippen LogP contribution in [-0.4, -0.2) is 33.3 Å². The Balaban J connectivity index is 2.23. The Morgan fingerprint density at radius 3 is 2.35 bits per heavy atom. The molecule has 122 valence electrons. The summed E-state index contributed by atoms with van der Waals surface area (Å²) >= 11 is 0. The van der Waals surface area contributed by atoms with Crippen LogP contribution in [0.2, 0.25) is 0 Å². The molecule has 0 radical (unpaired) electrons. The Morgan fingerprint density at radius 2 is 1.87 bits per heavy atom. The molecule has 0 aliphatic heterocycles. The molecule has 23 heavy (non-hydrogen) atoms. The zero-order valence-corrected chi connectivity index (χ0v) is 13.8. The van der Waals surface area contributed by atoms with Gasteiger partial charge in [0.15, 0.2) is 0 Å². The second-order valence-corrected chi connectivity index (χ2v) is 5.86. The Hall–Kier alpha value is -2.63. The summed E-state index contributed by atoms with van der Waals surface area (Å²) in [4.78, 5) is 24.2. The van der Waals surface area contributed by atoms with Gasteiger partial charge in [-0.3, -0.25) is 14.3 Å². The first kappa shape index (κ1) is 16.7. The monoisotopic (exact) mass is 315 g/mol. The van der Waals surface area contributed by atoms with Crippen molar-refractivity contribution in [3.8, 4) is 0 Å². The van der Waals surface area contributed by atoms with Crippen LogP contribution in [-0.2, 0) is 17.3 Å². The van der Waals surface area contributed by atoms with Crippen molar-refractivity contribution in [2.75, 3.05) is 6.54 Å². The SMILES string of the molecule is Cc1nn(C)c(C)c1C(=O)NCC(C)(C(=O)O)c1ccccc1. The highest BCUT2D eigenvalue weighted by Gasteiger charge is 2.36. The van der Waals surface area contributed by atoms with Crippen molar-refractivity contribution in [1.29, 1.82) is 0 Å². The molecule has 1 unspecified atom stereocenters. The lowest BCUT2D eigenvalue weighted by molar-refractivity contribution is -0.142. The highest BCUT2D eigenvalue weighted by molar-refractivity contribution is 5.97. The van der Waals surface area contributed by atoms with E-state index in [0.717, 1.165) is 5.69 Å². The minimum Gasteiger partial charge on any atom is -0.481 e. The molecule has 0 saturated carbocycles. The minimum atomic E-state index is -1.19. The Kier molecular flexibility index (Phi) is 4.54. The number of carboxylic acid groups (broad SMARTS) is 1. The van der Waals surface area contributed by atoms with Gasteiger partial charge in [0.05, 0.1) is 11.3 Å². The van der Waals surface area contributed by atoms with Gasteiger partial charge in [0.1, 0.15) is 5.41 Å².